The minimum atomic E-state index is -0.695. The highest BCUT2D eigenvalue weighted by Gasteiger charge is 2.48. The molecule has 24 heavy (non-hydrogen) atoms. The highest BCUT2D eigenvalue weighted by atomic mass is 35.5. The molecule has 0 radical (unpaired) electrons. The van der Waals surface area contributed by atoms with Gasteiger partial charge in [0.1, 0.15) is 10.9 Å². The molecule has 2 aliphatic rings. The van der Waals surface area contributed by atoms with Gasteiger partial charge in [-0.25, -0.2) is 4.98 Å². The van der Waals surface area contributed by atoms with E-state index in [0.717, 1.165) is 29.7 Å². The molecule has 2 fully saturated rings. The highest BCUT2D eigenvalue weighted by molar-refractivity contribution is 7.15. The Hall–Kier alpha value is -1.23. The van der Waals surface area contributed by atoms with Gasteiger partial charge in [-0.3, -0.25) is 9.59 Å². The minimum absolute atomic E-state index is 0.0250. The molecule has 6 heteroatoms. The van der Waals surface area contributed by atoms with Crippen LogP contribution in [0.25, 0.3) is 10.6 Å². The van der Waals surface area contributed by atoms with E-state index in [1.807, 2.05) is 19.1 Å². The fraction of sp³-hybridized carbons (Fsp3) is 0.389. The summed E-state index contributed by atoms with van der Waals surface area (Å²) in [5.41, 5.74) is 1.35. The second kappa shape index (κ2) is 5.94. The number of halogens is 2. The number of benzene rings is 1. The molecule has 0 amide bonds. The van der Waals surface area contributed by atoms with Crippen molar-refractivity contribution in [2.75, 3.05) is 0 Å². The Labute approximate surface area is 154 Å². The first-order valence-electron chi connectivity index (χ1n) is 7.96. The summed E-state index contributed by atoms with van der Waals surface area (Å²) in [4.78, 5) is 31.0. The molecule has 1 unspecified atom stereocenters. The maximum atomic E-state index is 12.7. The van der Waals surface area contributed by atoms with E-state index in [2.05, 4.69) is 4.98 Å². The number of carbonyl (C=O) groups excluding carboxylic acids is 2. The molecule has 2 aliphatic carbocycles. The molecule has 1 heterocycles. The molecule has 2 aromatic rings. The SMILES string of the molecule is Cc1sc(-c2cccc(Cl)c2Cl)nc1C1C(=O)[C@@H]2CC[C@@H](C2)C1=O. The fourth-order valence-corrected chi connectivity index (χ4v) is 5.27. The number of aromatic nitrogens is 1. The Kier molecular flexibility index (Phi) is 4.02. The summed E-state index contributed by atoms with van der Waals surface area (Å²) in [5, 5.41) is 1.61. The molecule has 124 valence electrons. The number of thiazole rings is 1. The van der Waals surface area contributed by atoms with E-state index in [9.17, 15) is 9.59 Å². The highest BCUT2D eigenvalue weighted by Crippen LogP contribution is 2.46. The van der Waals surface area contributed by atoms with Crippen molar-refractivity contribution in [2.24, 2.45) is 11.8 Å². The van der Waals surface area contributed by atoms with Gasteiger partial charge in [0.05, 0.1) is 15.7 Å². The van der Waals surface area contributed by atoms with E-state index in [0.29, 0.717) is 20.7 Å². The van der Waals surface area contributed by atoms with Gasteiger partial charge in [0, 0.05) is 22.3 Å². The smallest absolute Gasteiger partial charge is 0.152 e. The zero-order valence-electron chi connectivity index (χ0n) is 13.0. The third-order valence-electron chi connectivity index (χ3n) is 5.09. The molecule has 0 aliphatic heterocycles. The first-order chi connectivity index (χ1) is 11.5. The molecule has 2 saturated carbocycles. The Morgan fingerprint density at radius 1 is 1.12 bits per heavy atom. The maximum absolute atomic E-state index is 12.7. The quantitative estimate of drug-likeness (QED) is 0.683. The molecule has 2 bridgehead atoms. The van der Waals surface area contributed by atoms with Crippen LogP contribution in [0.3, 0.4) is 0 Å². The molecule has 0 saturated heterocycles. The van der Waals surface area contributed by atoms with Gasteiger partial charge in [-0.05, 0) is 32.3 Å². The lowest BCUT2D eigenvalue weighted by Crippen LogP contribution is -2.35. The normalized spacial score (nSPS) is 26.2. The van der Waals surface area contributed by atoms with Crippen LogP contribution in [-0.2, 0) is 9.59 Å². The summed E-state index contributed by atoms with van der Waals surface area (Å²) in [6.07, 6.45) is 2.40. The summed E-state index contributed by atoms with van der Waals surface area (Å²) in [6.45, 7) is 1.91. The number of hydrogen-bond acceptors (Lipinski definition) is 4. The molecule has 1 aromatic carbocycles. The van der Waals surface area contributed by atoms with Gasteiger partial charge >= 0.3 is 0 Å². The van der Waals surface area contributed by atoms with Gasteiger partial charge in [0.25, 0.3) is 0 Å². The number of carbonyl (C=O) groups is 2. The molecular weight excluding hydrogens is 365 g/mol. The first kappa shape index (κ1) is 16.2. The lowest BCUT2D eigenvalue weighted by molar-refractivity contribution is -0.136. The van der Waals surface area contributed by atoms with E-state index in [-0.39, 0.29) is 23.4 Å². The average Bonchev–Trinajstić information content (AvgIpc) is 3.15. The maximum Gasteiger partial charge on any atom is 0.152 e. The minimum Gasteiger partial charge on any atom is -0.298 e. The predicted molar refractivity (Wildman–Crippen MR) is 95.9 cm³/mol. The number of fused-ring (bicyclic) bond motifs is 2. The topological polar surface area (TPSA) is 47.0 Å². The van der Waals surface area contributed by atoms with E-state index in [4.69, 9.17) is 23.2 Å². The van der Waals surface area contributed by atoms with Gasteiger partial charge in [0.15, 0.2) is 11.6 Å². The van der Waals surface area contributed by atoms with Crippen LogP contribution in [0.5, 0.6) is 0 Å². The Balaban J connectivity index is 1.78. The van der Waals surface area contributed by atoms with Crippen LogP contribution in [0.4, 0.5) is 0 Å². The molecule has 3 nitrogen and oxygen atoms in total. The number of hydrogen-bond donors (Lipinski definition) is 0. The number of ketones is 2. The third-order valence-corrected chi connectivity index (χ3v) is 6.93. The van der Waals surface area contributed by atoms with Gasteiger partial charge in [-0.2, -0.15) is 0 Å². The number of aryl methyl sites for hydroxylation is 1. The largest absolute Gasteiger partial charge is 0.298 e. The van der Waals surface area contributed by atoms with Crippen molar-refractivity contribution in [2.45, 2.75) is 32.1 Å². The van der Waals surface area contributed by atoms with Crippen molar-refractivity contribution < 1.29 is 9.59 Å². The lowest BCUT2D eigenvalue weighted by Gasteiger charge is -2.24. The van der Waals surface area contributed by atoms with Gasteiger partial charge in [-0.1, -0.05) is 35.3 Å². The summed E-state index contributed by atoms with van der Waals surface area (Å²) >= 11 is 13.8. The van der Waals surface area contributed by atoms with Crippen molar-refractivity contribution in [3.05, 3.63) is 38.8 Å². The van der Waals surface area contributed by atoms with E-state index < -0.39 is 5.92 Å². The summed E-state index contributed by atoms with van der Waals surface area (Å²) in [7, 11) is 0. The van der Waals surface area contributed by atoms with Crippen LogP contribution in [0.2, 0.25) is 10.0 Å². The van der Waals surface area contributed by atoms with Gasteiger partial charge in [-0.15, -0.1) is 11.3 Å². The summed E-state index contributed by atoms with van der Waals surface area (Å²) in [6, 6.07) is 5.39. The van der Waals surface area contributed by atoms with Gasteiger partial charge < -0.3 is 0 Å². The molecular formula is C18H15Cl2NO2S. The molecule has 0 spiro atoms. The second-order valence-electron chi connectivity index (χ2n) is 6.51. The van der Waals surface area contributed by atoms with Gasteiger partial charge in [0.2, 0.25) is 0 Å². The average molecular weight is 380 g/mol. The molecule has 0 N–H and O–H groups in total. The van der Waals surface area contributed by atoms with Crippen LogP contribution in [-0.4, -0.2) is 16.6 Å². The zero-order valence-corrected chi connectivity index (χ0v) is 15.3. The Morgan fingerprint density at radius 3 is 2.46 bits per heavy atom. The van der Waals surface area contributed by atoms with Crippen molar-refractivity contribution in [3.8, 4) is 10.6 Å². The Bertz CT molecular complexity index is 839. The fourth-order valence-electron chi connectivity index (χ4n) is 3.84. The number of rotatable bonds is 2. The summed E-state index contributed by atoms with van der Waals surface area (Å²) < 4.78 is 0. The van der Waals surface area contributed by atoms with Crippen LogP contribution in [0.15, 0.2) is 18.2 Å². The molecule has 3 atom stereocenters. The summed E-state index contributed by atoms with van der Waals surface area (Å²) in [5.74, 6) is -0.551. The predicted octanol–water partition coefficient (Wildman–Crippen LogP) is 5.08. The second-order valence-corrected chi connectivity index (χ2v) is 8.49. The van der Waals surface area contributed by atoms with Crippen molar-refractivity contribution >= 4 is 46.1 Å². The number of nitrogens with zero attached hydrogens (tertiary/aromatic N) is 1. The zero-order chi connectivity index (χ0) is 17.0. The van der Waals surface area contributed by atoms with E-state index >= 15 is 0 Å². The van der Waals surface area contributed by atoms with E-state index in [1.165, 1.54) is 11.3 Å². The van der Waals surface area contributed by atoms with Crippen molar-refractivity contribution in [3.63, 3.8) is 0 Å². The van der Waals surface area contributed by atoms with Crippen LogP contribution < -0.4 is 0 Å². The Morgan fingerprint density at radius 2 is 1.79 bits per heavy atom. The van der Waals surface area contributed by atoms with Crippen LogP contribution in [0, 0.1) is 18.8 Å². The number of Topliss-reactive ketones (excluding diaryl/α,β-unsaturated/α-hetero) is 2. The van der Waals surface area contributed by atoms with E-state index in [1.54, 1.807) is 6.07 Å². The van der Waals surface area contributed by atoms with Crippen molar-refractivity contribution in [1.29, 1.82) is 0 Å². The van der Waals surface area contributed by atoms with Crippen molar-refractivity contribution in [1.82, 2.24) is 4.98 Å². The monoisotopic (exact) mass is 379 g/mol. The first-order valence-corrected chi connectivity index (χ1v) is 9.53. The third kappa shape index (κ3) is 2.43. The molecule has 4 rings (SSSR count). The standard InChI is InChI=1S/C18H15Cl2NO2S/c1-8-15(13-16(22)9-5-6-10(7-9)17(13)23)21-18(24-8)11-3-2-4-12(19)14(11)20/h2-4,9-10,13H,5-7H2,1H3/t9-,10+,13?. The lowest BCUT2D eigenvalue weighted by atomic mass is 9.77. The van der Waals surface area contributed by atoms with Crippen LogP contribution in [0.1, 0.15) is 35.8 Å². The van der Waals surface area contributed by atoms with Crippen LogP contribution >= 0.6 is 34.5 Å². The molecule has 1 aromatic heterocycles.